The summed E-state index contributed by atoms with van der Waals surface area (Å²) in [5, 5.41) is -0.0957. The fraction of sp³-hybridized carbons (Fsp3) is 0.375. The van der Waals surface area contributed by atoms with Crippen molar-refractivity contribution >= 4 is 21.7 Å². The third-order valence-electron chi connectivity index (χ3n) is 1.62. The molecule has 9 heteroatoms. The molecule has 0 radical (unpaired) electrons. The van der Waals surface area contributed by atoms with Gasteiger partial charge in [0.2, 0.25) is 0 Å². The fourth-order valence-corrected chi connectivity index (χ4v) is 1.39. The van der Waals surface area contributed by atoms with Crippen LogP contribution >= 0.6 is 11.6 Å². The molecule has 96 valence electrons. The van der Waals surface area contributed by atoms with Crippen molar-refractivity contribution in [1.29, 1.82) is 0 Å². The van der Waals surface area contributed by atoms with Crippen LogP contribution in [0.4, 0.5) is 13.2 Å². The molecule has 0 spiro atoms. The van der Waals surface area contributed by atoms with Gasteiger partial charge < -0.3 is 0 Å². The van der Waals surface area contributed by atoms with Crippen molar-refractivity contribution in [3.8, 4) is 0 Å². The van der Waals surface area contributed by atoms with E-state index in [1.807, 2.05) is 0 Å². The smallest absolute Gasteiger partial charge is 0.264 e. The van der Waals surface area contributed by atoms with E-state index in [4.69, 9.17) is 11.6 Å². The van der Waals surface area contributed by atoms with E-state index < -0.39 is 28.6 Å². The Kier molecular flexibility index (Phi) is 4.00. The molecular weight excluding hydrogens is 283 g/mol. The second-order valence-corrected chi connectivity index (χ2v) is 5.14. The standard InChI is InChI=1S/C8H7ClF3NO3S/c1-17(14,15)16-4-6-5(9)2-3-7(13-6)8(10,11)12/h2-3H,4H2,1H3. The van der Waals surface area contributed by atoms with Gasteiger partial charge in [0.1, 0.15) is 12.3 Å². The molecule has 0 saturated heterocycles. The van der Waals surface area contributed by atoms with Crippen LogP contribution in [0.5, 0.6) is 0 Å². The highest BCUT2D eigenvalue weighted by Gasteiger charge is 2.33. The van der Waals surface area contributed by atoms with Gasteiger partial charge in [-0.25, -0.2) is 4.98 Å². The van der Waals surface area contributed by atoms with Crippen LogP contribution in [0.2, 0.25) is 5.02 Å². The van der Waals surface area contributed by atoms with Gasteiger partial charge in [0.05, 0.1) is 17.0 Å². The molecule has 0 unspecified atom stereocenters. The van der Waals surface area contributed by atoms with Crippen LogP contribution in [0.15, 0.2) is 12.1 Å². The van der Waals surface area contributed by atoms with Crippen LogP contribution < -0.4 is 0 Å². The zero-order valence-electron chi connectivity index (χ0n) is 8.45. The minimum Gasteiger partial charge on any atom is -0.264 e. The van der Waals surface area contributed by atoms with Crippen molar-refractivity contribution in [1.82, 2.24) is 4.98 Å². The van der Waals surface area contributed by atoms with Gasteiger partial charge in [0.15, 0.2) is 0 Å². The van der Waals surface area contributed by atoms with Crippen molar-refractivity contribution in [3.05, 3.63) is 28.5 Å². The lowest BCUT2D eigenvalue weighted by atomic mass is 10.3. The number of rotatable bonds is 3. The second-order valence-electron chi connectivity index (χ2n) is 3.09. The van der Waals surface area contributed by atoms with Crippen molar-refractivity contribution in [2.75, 3.05) is 6.26 Å². The summed E-state index contributed by atoms with van der Waals surface area (Å²) in [6, 6.07) is 1.69. The third kappa shape index (κ3) is 4.49. The van der Waals surface area contributed by atoms with Gasteiger partial charge in [-0.3, -0.25) is 4.18 Å². The Morgan fingerprint density at radius 3 is 2.47 bits per heavy atom. The van der Waals surface area contributed by atoms with Gasteiger partial charge in [0.25, 0.3) is 10.1 Å². The molecule has 4 nitrogen and oxygen atoms in total. The number of aromatic nitrogens is 1. The molecule has 1 aromatic heterocycles. The van der Waals surface area contributed by atoms with Gasteiger partial charge in [-0.2, -0.15) is 21.6 Å². The first kappa shape index (κ1) is 14.2. The lowest BCUT2D eigenvalue weighted by Crippen LogP contribution is -2.11. The van der Waals surface area contributed by atoms with Crippen molar-refractivity contribution < 1.29 is 25.8 Å². The number of pyridine rings is 1. The Labute approximate surface area is 100 Å². The summed E-state index contributed by atoms with van der Waals surface area (Å²) in [4.78, 5) is 3.20. The Morgan fingerprint density at radius 2 is 2.00 bits per heavy atom. The highest BCUT2D eigenvalue weighted by molar-refractivity contribution is 7.85. The first-order valence-electron chi connectivity index (χ1n) is 4.16. The Morgan fingerprint density at radius 1 is 1.41 bits per heavy atom. The minimum absolute atomic E-state index is 0.0957. The van der Waals surface area contributed by atoms with Gasteiger partial charge in [-0.05, 0) is 12.1 Å². The van der Waals surface area contributed by atoms with E-state index in [-0.39, 0.29) is 10.7 Å². The predicted octanol–water partition coefficient (Wildman–Crippen LogP) is 2.23. The first-order valence-corrected chi connectivity index (χ1v) is 6.36. The zero-order chi connectivity index (χ0) is 13.3. The van der Waals surface area contributed by atoms with Crippen molar-refractivity contribution in [2.45, 2.75) is 12.8 Å². The average Bonchev–Trinajstić information content (AvgIpc) is 2.13. The molecule has 0 N–H and O–H groups in total. The minimum atomic E-state index is -4.62. The summed E-state index contributed by atoms with van der Waals surface area (Å²) < 4.78 is 62.6. The van der Waals surface area contributed by atoms with Gasteiger partial charge in [-0.1, -0.05) is 11.6 Å². The summed E-state index contributed by atoms with van der Waals surface area (Å²) in [6.07, 6.45) is -3.85. The molecule has 0 saturated carbocycles. The molecular formula is C8H7ClF3NO3S. The summed E-state index contributed by atoms with van der Waals surface area (Å²) in [5.74, 6) is 0. The molecule has 1 rings (SSSR count). The average molecular weight is 290 g/mol. The maximum Gasteiger partial charge on any atom is 0.433 e. The largest absolute Gasteiger partial charge is 0.433 e. The Balaban J connectivity index is 3.00. The Hall–Kier alpha value is -0.860. The van der Waals surface area contributed by atoms with E-state index in [1.54, 1.807) is 0 Å². The lowest BCUT2D eigenvalue weighted by Gasteiger charge is -2.09. The first-order chi connectivity index (χ1) is 7.59. The molecule has 0 atom stereocenters. The normalized spacial score (nSPS) is 12.8. The van der Waals surface area contributed by atoms with Crippen LogP contribution in [-0.4, -0.2) is 19.7 Å². The van der Waals surface area contributed by atoms with Crippen LogP contribution in [0.3, 0.4) is 0 Å². The molecule has 1 heterocycles. The van der Waals surface area contributed by atoms with Crippen LogP contribution in [0.1, 0.15) is 11.4 Å². The van der Waals surface area contributed by atoms with Crippen molar-refractivity contribution in [2.24, 2.45) is 0 Å². The van der Waals surface area contributed by atoms with E-state index in [0.717, 1.165) is 12.3 Å². The highest BCUT2D eigenvalue weighted by atomic mass is 35.5. The maximum atomic E-state index is 12.3. The van der Waals surface area contributed by atoms with E-state index in [9.17, 15) is 21.6 Å². The van der Waals surface area contributed by atoms with E-state index in [0.29, 0.717) is 6.07 Å². The summed E-state index contributed by atoms with van der Waals surface area (Å²) in [7, 11) is -3.77. The highest BCUT2D eigenvalue weighted by Crippen LogP contribution is 2.29. The van der Waals surface area contributed by atoms with Gasteiger partial charge in [-0.15, -0.1) is 0 Å². The molecule has 17 heavy (non-hydrogen) atoms. The zero-order valence-corrected chi connectivity index (χ0v) is 10.0. The number of hydrogen-bond donors (Lipinski definition) is 0. The van der Waals surface area contributed by atoms with Gasteiger partial charge >= 0.3 is 6.18 Å². The topological polar surface area (TPSA) is 56.3 Å². The Bertz CT molecular complexity index is 515. The molecule has 0 aromatic carbocycles. The summed E-state index contributed by atoms with van der Waals surface area (Å²) in [5.41, 5.74) is -1.44. The maximum absolute atomic E-state index is 12.3. The molecule has 0 amide bonds. The predicted molar refractivity (Wildman–Crippen MR) is 53.9 cm³/mol. The van der Waals surface area contributed by atoms with Crippen LogP contribution in [0, 0.1) is 0 Å². The molecule has 0 aliphatic rings. The van der Waals surface area contributed by atoms with E-state index in [2.05, 4.69) is 9.17 Å². The molecule has 1 aromatic rings. The summed E-state index contributed by atoms with van der Waals surface area (Å²) in [6.45, 7) is -0.637. The van der Waals surface area contributed by atoms with Crippen LogP contribution in [-0.2, 0) is 27.1 Å². The third-order valence-corrected chi connectivity index (χ3v) is 2.51. The monoisotopic (exact) mass is 289 g/mol. The number of alkyl halides is 3. The van der Waals surface area contributed by atoms with E-state index >= 15 is 0 Å². The molecule has 0 aliphatic carbocycles. The quantitative estimate of drug-likeness (QED) is 0.801. The van der Waals surface area contributed by atoms with Crippen LogP contribution in [0.25, 0.3) is 0 Å². The molecule has 0 aliphatic heterocycles. The van der Waals surface area contributed by atoms with E-state index in [1.165, 1.54) is 0 Å². The summed E-state index contributed by atoms with van der Waals surface area (Å²) >= 11 is 5.57. The molecule has 0 fully saturated rings. The van der Waals surface area contributed by atoms with Gasteiger partial charge in [0, 0.05) is 0 Å². The molecule has 0 bridgehead atoms. The fourth-order valence-electron chi connectivity index (χ4n) is 0.906. The number of halogens is 4. The van der Waals surface area contributed by atoms with Crippen molar-refractivity contribution in [3.63, 3.8) is 0 Å². The SMILES string of the molecule is CS(=O)(=O)OCc1nc(C(F)(F)F)ccc1Cl. The lowest BCUT2D eigenvalue weighted by molar-refractivity contribution is -0.141. The number of nitrogens with zero attached hydrogens (tertiary/aromatic N) is 1. The second kappa shape index (κ2) is 4.79. The number of hydrogen-bond acceptors (Lipinski definition) is 4.